The van der Waals surface area contributed by atoms with Gasteiger partial charge in [-0.2, -0.15) is 0 Å². The predicted octanol–water partition coefficient (Wildman–Crippen LogP) is 1.50. The molecule has 7 heteroatoms. The first-order valence-corrected chi connectivity index (χ1v) is 7.93. The Balaban J connectivity index is 1.90. The Morgan fingerprint density at radius 3 is 2.78 bits per heavy atom. The van der Waals surface area contributed by atoms with Gasteiger partial charge in [-0.25, -0.2) is 4.79 Å². The molecule has 0 bridgehead atoms. The van der Waals surface area contributed by atoms with Gasteiger partial charge < -0.3 is 15.5 Å². The summed E-state index contributed by atoms with van der Waals surface area (Å²) in [7, 11) is 4.02. The van der Waals surface area contributed by atoms with Gasteiger partial charge in [0, 0.05) is 18.8 Å². The molecule has 0 saturated heterocycles. The molecule has 0 aliphatic heterocycles. The molecule has 0 aromatic carbocycles. The second kappa shape index (κ2) is 7.92. The van der Waals surface area contributed by atoms with Gasteiger partial charge in [-0.1, -0.05) is 19.9 Å². The molecule has 7 nitrogen and oxygen atoms in total. The van der Waals surface area contributed by atoms with Crippen molar-refractivity contribution in [2.45, 2.75) is 32.9 Å². The minimum Gasteiger partial charge on any atom is -0.334 e. The van der Waals surface area contributed by atoms with E-state index in [-0.39, 0.29) is 12.1 Å². The molecule has 0 radical (unpaired) electrons. The Morgan fingerprint density at radius 1 is 1.30 bits per heavy atom. The number of aromatic nitrogens is 3. The van der Waals surface area contributed by atoms with E-state index in [2.05, 4.69) is 39.6 Å². The van der Waals surface area contributed by atoms with Crippen molar-refractivity contribution in [3.63, 3.8) is 0 Å². The van der Waals surface area contributed by atoms with Gasteiger partial charge in [-0.05, 0) is 38.6 Å². The summed E-state index contributed by atoms with van der Waals surface area (Å²) in [6, 6.07) is 5.65. The highest BCUT2D eigenvalue weighted by Crippen LogP contribution is 2.06. The zero-order chi connectivity index (χ0) is 16.8. The zero-order valence-electron chi connectivity index (χ0n) is 14.3. The minimum atomic E-state index is -0.176. The first kappa shape index (κ1) is 17.2. The van der Waals surface area contributed by atoms with Gasteiger partial charge in [0.2, 0.25) is 0 Å². The Hall–Kier alpha value is -2.15. The molecule has 2 N–H and O–H groups in total. The van der Waals surface area contributed by atoms with Gasteiger partial charge in [0.1, 0.15) is 0 Å². The van der Waals surface area contributed by atoms with Crippen LogP contribution in [0.4, 0.5) is 4.79 Å². The number of carbonyl (C=O) groups is 1. The molecule has 0 aliphatic rings. The predicted molar refractivity (Wildman–Crippen MR) is 90.2 cm³/mol. The lowest BCUT2D eigenvalue weighted by Crippen LogP contribution is -2.46. The molecular formula is C16H26N6O. The molecular weight excluding hydrogens is 292 g/mol. The second-order valence-electron chi connectivity index (χ2n) is 6.46. The van der Waals surface area contributed by atoms with E-state index in [1.165, 1.54) is 0 Å². The SMILES string of the molecule is CC(C)CC(CN(C)C)NC(=O)NCc1nnc2ccccn12. The van der Waals surface area contributed by atoms with E-state index in [1.54, 1.807) is 0 Å². The molecule has 0 spiro atoms. The van der Waals surface area contributed by atoms with E-state index in [1.807, 2.05) is 42.9 Å². The molecule has 0 aliphatic carbocycles. The number of carbonyl (C=O) groups excluding carboxylic acids is 1. The average Bonchev–Trinajstić information content (AvgIpc) is 2.87. The monoisotopic (exact) mass is 318 g/mol. The van der Waals surface area contributed by atoms with Crippen molar-refractivity contribution in [1.29, 1.82) is 0 Å². The van der Waals surface area contributed by atoms with Crippen molar-refractivity contribution in [2.75, 3.05) is 20.6 Å². The van der Waals surface area contributed by atoms with Crippen molar-refractivity contribution in [3.05, 3.63) is 30.2 Å². The molecule has 2 amide bonds. The molecule has 1 unspecified atom stereocenters. The topological polar surface area (TPSA) is 74.6 Å². The number of rotatable bonds is 7. The van der Waals surface area contributed by atoms with E-state index in [9.17, 15) is 4.79 Å². The molecule has 23 heavy (non-hydrogen) atoms. The number of nitrogens with zero attached hydrogens (tertiary/aromatic N) is 4. The smallest absolute Gasteiger partial charge is 0.315 e. The lowest BCUT2D eigenvalue weighted by Gasteiger charge is -2.24. The quantitative estimate of drug-likeness (QED) is 0.811. The van der Waals surface area contributed by atoms with Crippen molar-refractivity contribution in [3.8, 4) is 0 Å². The summed E-state index contributed by atoms with van der Waals surface area (Å²) in [5.41, 5.74) is 0.773. The van der Waals surface area contributed by atoms with Crippen molar-refractivity contribution in [1.82, 2.24) is 30.1 Å². The average molecular weight is 318 g/mol. The molecule has 0 fully saturated rings. The van der Waals surface area contributed by atoms with Gasteiger partial charge in [0.15, 0.2) is 11.5 Å². The summed E-state index contributed by atoms with van der Waals surface area (Å²) in [5, 5.41) is 14.1. The highest BCUT2D eigenvalue weighted by molar-refractivity contribution is 5.74. The minimum absolute atomic E-state index is 0.125. The summed E-state index contributed by atoms with van der Waals surface area (Å²) >= 11 is 0. The molecule has 2 heterocycles. The maximum atomic E-state index is 12.1. The lowest BCUT2D eigenvalue weighted by molar-refractivity contribution is 0.228. The molecule has 0 saturated carbocycles. The lowest BCUT2D eigenvalue weighted by atomic mass is 10.0. The van der Waals surface area contributed by atoms with Crippen LogP contribution in [0.2, 0.25) is 0 Å². The van der Waals surface area contributed by atoms with Gasteiger partial charge in [0.25, 0.3) is 0 Å². The third-order valence-electron chi connectivity index (χ3n) is 3.47. The van der Waals surface area contributed by atoms with Crippen LogP contribution in [0.15, 0.2) is 24.4 Å². The largest absolute Gasteiger partial charge is 0.334 e. The third kappa shape index (κ3) is 5.21. The number of fused-ring (bicyclic) bond motifs is 1. The van der Waals surface area contributed by atoms with Crippen molar-refractivity contribution < 1.29 is 4.79 Å². The van der Waals surface area contributed by atoms with Crippen LogP contribution in [0.5, 0.6) is 0 Å². The normalized spacial score (nSPS) is 12.8. The number of amides is 2. The second-order valence-corrected chi connectivity index (χ2v) is 6.46. The Labute approximate surface area is 137 Å². The molecule has 1 atom stereocenters. The van der Waals surface area contributed by atoms with Crippen LogP contribution in [0, 0.1) is 5.92 Å². The fourth-order valence-corrected chi connectivity index (χ4v) is 2.60. The van der Waals surface area contributed by atoms with E-state index in [0.29, 0.717) is 18.3 Å². The van der Waals surface area contributed by atoms with Crippen LogP contribution in [0.1, 0.15) is 26.1 Å². The van der Waals surface area contributed by atoms with Crippen LogP contribution in [-0.4, -0.2) is 52.2 Å². The number of hydrogen-bond donors (Lipinski definition) is 2. The zero-order valence-corrected chi connectivity index (χ0v) is 14.3. The summed E-state index contributed by atoms with van der Waals surface area (Å²) in [4.78, 5) is 14.2. The summed E-state index contributed by atoms with van der Waals surface area (Å²) < 4.78 is 1.87. The van der Waals surface area contributed by atoms with Gasteiger partial charge in [-0.15, -0.1) is 10.2 Å². The highest BCUT2D eigenvalue weighted by Gasteiger charge is 2.15. The summed E-state index contributed by atoms with van der Waals surface area (Å²) in [5.74, 6) is 1.24. The molecule has 2 rings (SSSR count). The fraction of sp³-hybridized carbons (Fsp3) is 0.562. The van der Waals surface area contributed by atoms with E-state index < -0.39 is 0 Å². The maximum Gasteiger partial charge on any atom is 0.315 e. The first-order chi connectivity index (χ1) is 11.0. The first-order valence-electron chi connectivity index (χ1n) is 7.93. The summed E-state index contributed by atoms with van der Waals surface area (Å²) in [6.07, 6.45) is 2.83. The standard InChI is InChI=1S/C16H26N6O/c1-12(2)9-13(11-21(3)4)18-16(23)17-10-15-20-19-14-7-5-6-8-22(14)15/h5-8,12-13H,9-11H2,1-4H3,(H2,17,18,23). The van der Waals surface area contributed by atoms with Crippen LogP contribution in [0.3, 0.4) is 0 Å². The van der Waals surface area contributed by atoms with Gasteiger partial charge in [-0.3, -0.25) is 4.40 Å². The molecule has 2 aromatic heterocycles. The van der Waals surface area contributed by atoms with Crippen molar-refractivity contribution >= 4 is 11.7 Å². The van der Waals surface area contributed by atoms with Gasteiger partial charge in [0.05, 0.1) is 6.54 Å². The number of hydrogen-bond acceptors (Lipinski definition) is 4. The van der Waals surface area contributed by atoms with Crippen LogP contribution in [-0.2, 0) is 6.54 Å². The number of pyridine rings is 1. The Bertz CT molecular complexity index is 626. The number of nitrogens with one attached hydrogen (secondary N) is 2. The highest BCUT2D eigenvalue weighted by atomic mass is 16.2. The van der Waals surface area contributed by atoms with Gasteiger partial charge >= 0.3 is 6.03 Å². The van der Waals surface area contributed by atoms with E-state index >= 15 is 0 Å². The number of urea groups is 1. The maximum absolute atomic E-state index is 12.1. The van der Waals surface area contributed by atoms with Crippen molar-refractivity contribution in [2.24, 2.45) is 5.92 Å². The summed E-state index contributed by atoms with van der Waals surface area (Å²) in [6.45, 7) is 5.47. The van der Waals surface area contributed by atoms with E-state index in [4.69, 9.17) is 0 Å². The third-order valence-corrected chi connectivity index (χ3v) is 3.47. The fourth-order valence-electron chi connectivity index (χ4n) is 2.60. The number of likely N-dealkylation sites (N-methyl/N-ethyl adjacent to an activating group) is 1. The van der Waals surface area contributed by atoms with E-state index in [0.717, 1.165) is 18.6 Å². The Kier molecular flexibility index (Phi) is 5.92. The van der Waals surface area contributed by atoms with Crippen LogP contribution >= 0.6 is 0 Å². The molecule has 2 aromatic rings. The molecule has 126 valence electrons. The van der Waals surface area contributed by atoms with Crippen LogP contribution < -0.4 is 10.6 Å². The Morgan fingerprint density at radius 2 is 2.09 bits per heavy atom. The van der Waals surface area contributed by atoms with Crippen LogP contribution in [0.25, 0.3) is 5.65 Å².